The molecule has 3 nitrogen and oxygen atoms in total. The lowest BCUT2D eigenvalue weighted by Crippen LogP contribution is -2.05. The smallest absolute Gasteiger partial charge is 0.130 e. The predicted octanol–water partition coefficient (Wildman–Crippen LogP) is 2.40. The maximum atomic E-state index is 10.9. The van der Waals surface area contributed by atoms with E-state index >= 15 is 0 Å². The fourth-order valence-corrected chi connectivity index (χ4v) is 1.57. The van der Waals surface area contributed by atoms with E-state index < -0.39 is 0 Å². The third-order valence-electron chi connectivity index (χ3n) is 2.04. The van der Waals surface area contributed by atoms with Crippen molar-refractivity contribution in [2.75, 3.05) is 5.73 Å². The van der Waals surface area contributed by atoms with E-state index in [1.54, 1.807) is 13.0 Å². The number of aromatic nitrogens is 1. The van der Waals surface area contributed by atoms with E-state index in [1.165, 1.54) is 6.20 Å². The standard InChI is InChI=1S/C10H13ClN2O/c1-6(3-7(2)14)9-4-8(11)5-13-10(9)12/h4-6H,3H2,1-2H3,(H2,12,13). The Kier molecular flexibility index (Phi) is 3.47. The molecule has 76 valence electrons. The Morgan fingerprint density at radius 1 is 1.71 bits per heavy atom. The van der Waals surface area contributed by atoms with E-state index in [-0.39, 0.29) is 11.7 Å². The maximum absolute atomic E-state index is 10.9. The van der Waals surface area contributed by atoms with Gasteiger partial charge in [0.1, 0.15) is 11.6 Å². The van der Waals surface area contributed by atoms with Crippen LogP contribution in [0.2, 0.25) is 5.02 Å². The summed E-state index contributed by atoms with van der Waals surface area (Å²) in [6.07, 6.45) is 1.97. The number of Topliss-reactive ketones (excluding diaryl/α,β-unsaturated/α-hetero) is 1. The molecular formula is C10H13ClN2O. The van der Waals surface area contributed by atoms with Crippen molar-refractivity contribution >= 4 is 23.2 Å². The molecule has 14 heavy (non-hydrogen) atoms. The number of hydrogen-bond acceptors (Lipinski definition) is 3. The van der Waals surface area contributed by atoms with Crippen LogP contribution in [-0.4, -0.2) is 10.8 Å². The minimum absolute atomic E-state index is 0.0682. The molecule has 0 aliphatic heterocycles. The van der Waals surface area contributed by atoms with Gasteiger partial charge in [-0.25, -0.2) is 4.98 Å². The van der Waals surface area contributed by atoms with E-state index in [9.17, 15) is 4.79 Å². The summed E-state index contributed by atoms with van der Waals surface area (Å²) < 4.78 is 0. The fourth-order valence-electron chi connectivity index (χ4n) is 1.40. The summed E-state index contributed by atoms with van der Waals surface area (Å²) in [5, 5.41) is 0.546. The van der Waals surface area contributed by atoms with Crippen molar-refractivity contribution in [1.29, 1.82) is 0 Å². The number of hydrogen-bond donors (Lipinski definition) is 1. The zero-order valence-electron chi connectivity index (χ0n) is 8.25. The highest BCUT2D eigenvalue weighted by Gasteiger charge is 2.12. The molecule has 0 radical (unpaired) electrons. The highest BCUT2D eigenvalue weighted by atomic mass is 35.5. The zero-order valence-corrected chi connectivity index (χ0v) is 9.01. The molecule has 2 N–H and O–H groups in total. The SMILES string of the molecule is CC(=O)CC(C)c1cc(Cl)cnc1N. The highest BCUT2D eigenvalue weighted by Crippen LogP contribution is 2.25. The molecule has 1 atom stereocenters. The molecule has 0 aliphatic rings. The molecule has 0 aromatic carbocycles. The lowest BCUT2D eigenvalue weighted by atomic mass is 9.97. The average Bonchev–Trinajstić information content (AvgIpc) is 2.08. The highest BCUT2D eigenvalue weighted by molar-refractivity contribution is 6.30. The number of nitrogens with zero attached hydrogens (tertiary/aromatic N) is 1. The molecule has 4 heteroatoms. The first-order valence-electron chi connectivity index (χ1n) is 4.41. The lowest BCUT2D eigenvalue weighted by Gasteiger charge is -2.11. The number of pyridine rings is 1. The van der Waals surface area contributed by atoms with Crippen LogP contribution in [0.25, 0.3) is 0 Å². The van der Waals surface area contributed by atoms with Crippen LogP contribution in [0.5, 0.6) is 0 Å². The van der Waals surface area contributed by atoms with Gasteiger partial charge in [-0.3, -0.25) is 0 Å². The van der Waals surface area contributed by atoms with Gasteiger partial charge in [0.15, 0.2) is 0 Å². The molecule has 1 heterocycles. The van der Waals surface area contributed by atoms with Crippen LogP contribution in [0.4, 0.5) is 5.82 Å². The normalized spacial score (nSPS) is 12.5. The molecule has 1 aromatic rings. The number of nitrogens with two attached hydrogens (primary N) is 1. The van der Waals surface area contributed by atoms with E-state index in [4.69, 9.17) is 17.3 Å². The molecule has 1 rings (SSSR count). The number of anilines is 1. The molecule has 0 saturated carbocycles. The Balaban J connectivity index is 2.93. The summed E-state index contributed by atoms with van der Waals surface area (Å²) >= 11 is 5.79. The molecule has 0 saturated heterocycles. The number of halogens is 1. The van der Waals surface area contributed by atoms with Gasteiger partial charge in [0.2, 0.25) is 0 Å². The van der Waals surface area contributed by atoms with Crippen molar-refractivity contribution in [3.63, 3.8) is 0 Å². The number of carbonyl (C=O) groups excluding carboxylic acids is 1. The topological polar surface area (TPSA) is 56.0 Å². The van der Waals surface area contributed by atoms with Gasteiger partial charge in [0, 0.05) is 12.6 Å². The first-order chi connectivity index (χ1) is 6.50. The van der Waals surface area contributed by atoms with Crippen molar-refractivity contribution in [3.8, 4) is 0 Å². The van der Waals surface area contributed by atoms with Crippen LogP contribution in [0.3, 0.4) is 0 Å². The van der Waals surface area contributed by atoms with Gasteiger partial charge in [0.25, 0.3) is 0 Å². The van der Waals surface area contributed by atoms with Gasteiger partial charge in [-0.15, -0.1) is 0 Å². The van der Waals surface area contributed by atoms with Crippen molar-refractivity contribution in [1.82, 2.24) is 4.98 Å². The summed E-state index contributed by atoms with van der Waals surface area (Å²) in [5.74, 6) is 0.652. The van der Waals surface area contributed by atoms with Crippen molar-refractivity contribution in [3.05, 3.63) is 22.8 Å². The zero-order chi connectivity index (χ0) is 10.7. The van der Waals surface area contributed by atoms with Crippen LogP contribution in [0, 0.1) is 0 Å². The Hall–Kier alpha value is -1.09. The monoisotopic (exact) mass is 212 g/mol. The molecule has 1 aromatic heterocycles. The van der Waals surface area contributed by atoms with E-state index in [2.05, 4.69) is 4.98 Å². The first-order valence-corrected chi connectivity index (χ1v) is 4.79. The molecule has 0 bridgehead atoms. The number of carbonyl (C=O) groups is 1. The predicted molar refractivity (Wildman–Crippen MR) is 57.4 cm³/mol. The summed E-state index contributed by atoms with van der Waals surface area (Å²) in [4.78, 5) is 14.9. The average molecular weight is 213 g/mol. The maximum Gasteiger partial charge on any atom is 0.130 e. The molecule has 0 fully saturated rings. The fraction of sp³-hybridized carbons (Fsp3) is 0.400. The number of nitrogen functional groups attached to an aromatic ring is 1. The summed E-state index contributed by atoms with van der Waals surface area (Å²) in [7, 11) is 0. The van der Waals surface area contributed by atoms with Crippen LogP contribution < -0.4 is 5.73 Å². The van der Waals surface area contributed by atoms with Gasteiger partial charge < -0.3 is 10.5 Å². The van der Waals surface area contributed by atoms with E-state index in [1.807, 2.05) is 6.92 Å². The summed E-state index contributed by atoms with van der Waals surface area (Å²) in [6, 6.07) is 1.76. The van der Waals surface area contributed by atoms with Gasteiger partial charge in [0.05, 0.1) is 5.02 Å². The summed E-state index contributed by atoms with van der Waals surface area (Å²) in [6.45, 7) is 3.50. The number of ketones is 1. The first kappa shape index (κ1) is 11.0. The van der Waals surface area contributed by atoms with Gasteiger partial charge >= 0.3 is 0 Å². The molecular weight excluding hydrogens is 200 g/mol. The van der Waals surface area contributed by atoms with E-state index in [0.717, 1.165) is 5.56 Å². The quantitative estimate of drug-likeness (QED) is 0.837. The third-order valence-corrected chi connectivity index (χ3v) is 2.25. The Bertz CT molecular complexity index is 352. The molecule has 0 spiro atoms. The largest absolute Gasteiger partial charge is 0.383 e. The van der Waals surface area contributed by atoms with Crippen LogP contribution in [-0.2, 0) is 4.79 Å². The Labute approximate surface area is 88.3 Å². The van der Waals surface area contributed by atoms with Crippen molar-refractivity contribution in [2.45, 2.75) is 26.2 Å². The lowest BCUT2D eigenvalue weighted by molar-refractivity contribution is -0.117. The van der Waals surface area contributed by atoms with E-state index in [0.29, 0.717) is 17.3 Å². The van der Waals surface area contributed by atoms with Gasteiger partial charge in [-0.1, -0.05) is 18.5 Å². The minimum Gasteiger partial charge on any atom is -0.383 e. The van der Waals surface area contributed by atoms with Gasteiger partial charge in [-0.2, -0.15) is 0 Å². The molecule has 0 aliphatic carbocycles. The number of rotatable bonds is 3. The third kappa shape index (κ3) is 2.70. The van der Waals surface area contributed by atoms with Crippen molar-refractivity contribution in [2.24, 2.45) is 0 Å². The van der Waals surface area contributed by atoms with Crippen LogP contribution in [0.15, 0.2) is 12.3 Å². The minimum atomic E-state index is 0.0682. The van der Waals surface area contributed by atoms with Crippen LogP contribution >= 0.6 is 11.6 Å². The van der Waals surface area contributed by atoms with Crippen LogP contribution in [0.1, 0.15) is 31.7 Å². The second kappa shape index (κ2) is 4.42. The second-order valence-electron chi connectivity index (χ2n) is 3.44. The molecule has 0 amide bonds. The summed E-state index contributed by atoms with van der Waals surface area (Å²) in [5.41, 5.74) is 6.53. The van der Waals surface area contributed by atoms with Gasteiger partial charge in [-0.05, 0) is 24.5 Å². The Morgan fingerprint density at radius 2 is 2.36 bits per heavy atom. The molecule has 1 unspecified atom stereocenters. The van der Waals surface area contributed by atoms with Crippen molar-refractivity contribution < 1.29 is 4.79 Å². The second-order valence-corrected chi connectivity index (χ2v) is 3.87. The Morgan fingerprint density at radius 3 is 2.93 bits per heavy atom.